The van der Waals surface area contributed by atoms with Crippen molar-refractivity contribution in [3.8, 4) is 0 Å². The Morgan fingerprint density at radius 1 is 1.39 bits per heavy atom. The molecule has 1 aromatic carbocycles. The van der Waals surface area contributed by atoms with Gasteiger partial charge in [-0.25, -0.2) is 0 Å². The molecule has 1 atom stereocenters. The van der Waals surface area contributed by atoms with Crippen LogP contribution in [0.2, 0.25) is 10.0 Å². The quantitative estimate of drug-likeness (QED) is 0.874. The van der Waals surface area contributed by atoms with Crippen LogP contribution in [0.4, 0.5) is 5.69 Å². The fraction of sp³-hybridized carbons (Fsp3) is 0.462. The van der Waals surface area contributed by atoms with E-state index in [1.54, 1.807) is 18.2 Å². The minimum absolute atomic E-state index is 0.0635. The smallest absolute Gasteiger partial charge is 0.244 e. The SMILES string of the molecule is CC1(C(=O)Nc2cc(Cl)ccc2Cl)CCCCN1. The number of amides is 1. The number of anilines is 1. The van der Waals surface area contributed by atoms with Gasteiger partial charge < -0.3 is 10.6 Å². The van der Waals surface area contributed by atoms with E-state index in [4.69, 9.17) is 23.2 Å². The second-order valence-corrected chi connectivity index (χ2v) is 5.64. The number of piperidine rings is 1. The van der Waals surface area contributed by atoms with Crippen LogP contribution in [0.1, 0.15) is 26.2 Å². The van der Waals surface area contributed by atoms with Gasteiger partial charge >= 0.3 is 0 Å². The maximum absolute atomic E-state index is 12.3. The first-order chi connectivity index (χ1) is 8.51. The van der Waals surface area contributed by atoms with Crippen molar-refractivity contribution in [3.63, 3.8) is 0 Å². The molecule has 0 bridgehead atoms. The molecule has 5 heteroatoms. The number of hydrogen-bond acceptors (Lipinski definition) is 2. The van der Waals surface area contributed by atoms with E-state index in [-0.39, 0.29) is 5.91 Å². The topological polar surface area (TPSA) is 41.1 Å². The third-order valence-corrected chi connectivity index (χ3v) is 3.86. The standard InChI is InChI=1S/C13H16Cl2N2O/c1-13(6-2-3-7-16-13)12(18)17-11-8-9(14)4-5-10(11)15/h4-5,8,16H,2-3,6-7H2,1H3,(H,17,18). The molecule has 1 amide bonds. The highest BCUT2D eigenvalue weighted by atomic mass is 35.5. The Hall–Kier alpha value is -0.770. The first kappa shape index (κ1) is 13.7. The lowest BCUT2D eigenvalue weighted by molar-refractivity contribution is -0.122. The summed E-state index contributed by atoms with van der Waals surface area (Å²) in [6, 6.07) is 5.03. The Labute approximate surface area is 117 Å². The number of hydrogen-bond donors (Lipinski definition) is 2. The van der Waals surface area contributed by atoms with Gasteiger partial charge in [0.1, 0.15) is 0 Å². The number of rotatable bonds is 2. The molecule has 98 valence electrons. The van der Waals surface area contributed by atoms with Crippen molar-refractivity contribution < 1.29 is 4.79 Å². The molecular weight excluding hydrogens is 271 g/mol. The van der Waals surface area contributed by atoms with E-state index < -0.39 is 5.54 Å². The second kappa shape index (κ2) is 5.47. The molecule has 18 heavy (non-hydrogen) atoms. The zero-order valence-corrected chi connectivity index (χ0v) is 11.7. The lowest BCUT2D eigenvalue weighted by Crippen LogP contribution is -2.54. The summed E-state index contributed by atoms with van der Waals surface area (Å²) in [5, 5.41) is 7.15. The molecule has 2 rings (SSSR count). The summed E-state index contributed by atoms with van der Waals surface area (Å²) in [5.41, 5.74) is 0.0342. The van der Waals surface area contributed by atoms with Crippen molar-refractivity contribution in [3.05, 3.63) is 28.2 Å². The van der Waals surface area contributed by atoms with Gasteiger partial charge in [0, 0.05) is 5.02 Å². The maximum Gasteiger partial charge on any atom is 0.244 e. The molecule has 1 aliphatic rings. The van der Waals surface area contributed by atoms with E-state index in [0.29, 0.717) is 15.7 Å². The summed E-state index contributed by atoms with van der Waals surface area (Å²) >= 11 is 11.9. The average Bonchev–Trinajstić information content (AvgIpc) is 2.35. The van der Waals surface area contributed by atoms with E-state index in [0.717, 1.165) is 25.8 Å². The van der Waals surface area contributed by atoms with Crippen LogP contribution in [-0.2, 0) is 4.79 Å². The van der Waals surface area contributed by atoms with Gasteiger partial charge in [0.2, 0.25) is 5.91 Å². The van der Waals surface area contributed by atoms with E-state index in [9.17, 15) is 4.79 Å². The molecule has 1 fully saturated rings. The fourth-order valence-corrected chi connectivity index (χ4v) is 2.44. The van der Waals surface area contributed by atoms with Crippen LogP contribution in [-0.4, -0.2) is 18.0 Å². The van der Waals surface area contributed by atoms with Gasteiger partial charge in [0.25, 0.3) is 0 Å². The fourth-order valence-electron chi connectivity index (χ4n) is 2.10. The summed E-state index contributed by atoms with van der Waals surface area (Å²) in [6.07, 6.45) is 3.00. The lowest BCUT2D eigenvalue weighted by atomic mass is 9.90. The van der Waals surface area contributed by atoms with E-state index in [1.165, 1.54) is 0 Å². The summed E-state index contributed by atoms with van der Waals surface area (Å²) in [6.45, 7) is 2.78. The molecule has 1 aromatic rings. The first-order valence-corrected chi connectivity index (χ1v) is 6.78. The van der Waals surface area contributed by atoms with E-state index in [2.05, 4.69) is 10.6 Å². The number of halogens is 2. The third kappa shape index (κ3) is 2.97. The summed E-state index contributed by atoms with van der Waals surface area (Å²) in [4.78, 5) is 12.3. The van der Waals surface area contributed by atoms with Crippen molar-refractivity contribution >= 4 is 34.8 Å². The molecule has 0 aromatic heterocycles. The predicted molar refractivity (Wildman–Crippen MR) is 75.4 cm³/mol. The van der Waals surface area contributed by atoms with Gasteiger partial charge in [-0.1, -0.05) is 23.2 Å². The largest absolute Gasteiger partial charge is 0.323 e. The molecule has 0 aliphatic carbocycles. The third-order valence-electron chi connectivity index (χ3n) is 3.30. The molecule has 1 aliphatic heterocycles. The number of carbonyl (C=O) groups is 1. The monoisotopic (exact) mass is 286 g/mol. The predicted octanol–water partition coefficient (Wildman–Crippen LogP) is 3.46. The highest BCUT2D eigenvalue weighted by Crippen LogP contribution is 2.27. The normalized spacial score (nSPS) is 23.7. The Kier molecular flexibility index (Phi) is 4.15. The average molecular weight is 287 g/mol. The molecule has 0 radical (unpaired) electrons. The van der Waals surface area contributed by atoms with E-state index in [1.807, 2.05) is 6.92 Å². The molecule has 1 heterocycles. The molecule has 1 unspecified atom stereocenters. The minimum Gasteiger partial charge on any atom is -0.323 e. The minimum atomic E-state index is -0.524. The van der Waals surface area contributed by atoms with Crippen LogP contribution in [0, 0.1) is 0 Å². The number of carbonyl (C=O) groups excluding carboxylic acids is 1. The van der Waals surface area contributed by atoms with Gasteiger partial charge in [-0.15, -0.1) is 0 Å². The summed E-state index contributed by atoms with van der Waals surface area (Å²) < 4.78 is 0. The molecular formula is C13H16Cl2N2O. The Morgan fingerprint density at radius 2 is 2.17 bits per heavy atom. The van der Waals surface area contributed by atoms with Crippen LogP contribution >= 0.6 is 23.2 Å². The van der Waals surface area contributed by atoms with Gasteiger partial charge in [0.05, 0.1) is 16.2 Å². The molecule has 1 saturated heterocycles. The summed E-state index contributed by atoms with van der Waals surface area (Å²) in [7, 11) is 0. The van der Waals surface area contributed by atoms with Crippen LogP contribution in [0.3, 0.4) is 0 Å². The van der Waals surface area contributed by atoms with Gasteiger partial charge in [-0.3, -0.25) is 4.79 Å². The number of nitrogens with one attached hydrogen (secondary N) is 2. The van der Waals surface area contributed by atoms with Gasteiger partial charge in [-0.2, -0.15) is 0 Å². The van der Waals surface area contributed by atoms with Crippen molar-refractivity contribution in [2.24, 2.45) is 0 Å². The van der Waals surface area contributed by atoms with Crippen LogP contribution in [0.15, 0.2) is 18.2 Å². The van der Waals surface area contributed by atoms with E-state index >= 15 is 0 Å². The van der Waals surface area contributed by atoms with Crippen LogP contribution < -0.4 is 10.6 Å². The Bertz CT molecular complexity index is 456. The molecule has 2 N–H and O–H groups in total. The Morgan fingerprint density at radius 3 is 2.83 bits per heavy atom. The first-order valence-electron chi connectivity index (χ1n) is 6.03. The van der Waals surface area contributed by atoms with Crippen molar-refractivity contribution in [1.29, 1.82) is 0 Å². The van der Waals surface area contributed by atoms with Crippen molar-refractivity contribution in [2.45, 2.75) is 31.7 Å². The maximum atomic E-state index is 12.3. The van der Waals surface area contributed by atoms with Crippen molar-refractivity contribution in [2.75, 3.05) is 11.9 Å². The summed E-state index contributed by atoms with van der Waals surface area (Å²) in [5.74, 6) is -0.0635. The highest BCUT2D eigenvalue weighted by Gasteiger charge is 2.34. The van der Waals surface area contributed by atoms with Crippen LogP contribution in [0.25, 0.3) is 0 Å². The van der Waals surface area contributed by atoms with Crippen molar-refractivity contribution in [1.82, 2.24) is 5.32 Å². The molecule has 3 nitrogen and oxygen atoms in total. The van der Waals surface area contributed by atoms with Gasteiger partial charge in [0.15, 0.2) is 0 Å². The number of benzene rings is 1. The molecule has 0 saturated carbocycles. The lowest BCUT2D eigenvalue weighted by Gasteiger charge is -2.33. The van der Waals surface area contributed by atoms with Gasteiger partial charge in [-0.05, 0) is 50.9 Å². The molecule has 0 spiro atoms. The highest BCUT2D eigenvalue weighted by molar-refractivity contribution is 6.35. The zero-order valence-electron chi connectivity index (χ0n) is 10.2. The Balaban J connectivity index is 2.13. The zero-order chi connectivity index (χ0) is 13.2. The van der Waals surface area contributed by atoms with Crippen LogP contribution in [0.5, 0.6) is 0 Å². The second-order valence-electron chi connectivity index (χ2n) is 4.79.